The fourth-order valence-corrected chi connectivity index (χ4v) is 6.89. The smallest absolute Gasteiger partial charge is 0.269 e. The molecule has 1 aliphatic rings. The molecule has 4 heterocycles. The average Bonchev–Trinajstić information content (AvgIpc) is 3.69. The molecule has 10 heteroatoms. The number of pyridine rings is 1. The molecule has 6 rings (SSSR count). The van der Waals surface area contributed by atoms with Crippen molar-refractivity contribution in [1.82, 2.24) is 24.1 Å². The third-order valence-electron chi connectivity index (χ3n) is 7.54. The van der Waals surface area contributed by atoms with Crippen molar-refractivity contribution >= 4 is 27.0 Å². The van der Waals surface area contributed by atoms with Crippen molar-refractivity contribution in [3.05, 3.63) is 71.9 Å². The molecule has 0 unspecified atom stereocenters. The van der Waals surface area contributed by atoms with Crippen LogP contribution >= 0.6 is 0 Å². The Bertz CT molecular complexity index is 1770. The van der Waals surface area contributed by atoms with E-state index in [9.17, 15) is 8.42 Å². The maximum Gasteiger partial charge on any atom is 0.269 e. The number of hydrogen-bond donors (Lipinski definition) is 1. The lowest BCUT2D eigenvalue weighted by Gasteiger charge is -2.14. The van der Waals surface area contributed by atoms with E-state index in [2.05, 4.69) is 22.4 Å². The SMILES string of the molecule is CCCc1cnc(NC2CCCC2)nc1-c1cn(S(=O)(=O)c2ccccc2)c2nc(-c3c(C)noc3C)ccc12. The quantitative estimate of drug-likeness (QED) is 0.236. The molecule has 1 aliphatic carbocycles. The zero-order valence-corrected chi connectivity index (χ0v) is 23.7. The number of aromatic nitrogens is 5. The summed E-state index contributed by atoms with van der Waals surface area (Å²) >= 11 is 0. The van der Waals surface area contributed by atoms with Crippen molar-refractivity contribution in [3.63, 3.8) is 0 Å². The molecule has 1 fully saturated rings. The molecule has 5 aromatic rings. The maximum atomic E-state index is 14.0. The Morgan fingerprint density at radius 3 is 2.52 bits per heavy atom. The maximum absolute atomic E-state index is 14.0. The fourth-order valence-electron chi connectivity index (χ4n) is 5.55. The first kappa shape index (κ1) is 26.2. The largest absolute Gasteiger partial charge is 0.361 e. The number of rotatable bonds is 8. The zero-order chi connectivity index (χ0) is 27.9. The Balaban J connectivity index is 1.58. The Kier molecular flexibility index (Phi) is 6.87. The summed E-state index contributed by atoms with van der Waals surface area (Å²) in [4.78, 5) is 14.6. The molecule has 1 N–H and O–H groups in total. The lowest BCUT2D eigenvalue weighted by atomic mass is 10.0. The Morgan fingerprint density at radius 2 is 1.82 bits per heavy atom. The molecular formula is C30H32N6O3S. The van der Waals surface area contributed by atoms with E-state index in [0.717, 1.165) is 42.5 Å². The van der Waals surface area contributed by atoms with Gasteiger partial charge in [-0.1, -0.05) is 49.5 Å². The first-order valence-electron chi connectivity index (χ1n) is 13.8. The number of anilines is 1. The van der Waals surface area contributed by atoms with Crippen LogP contribution in [0.3, 0.4) is 0 Å². The molecule has 1 saturated carbocycles. The number of nitrogens with zero attached hydrogens (tertiary/aromatic N) is 5. The van der Waals surface area contributed by atoms with Gasteiger partial charge in [-0.3, -0.25) is 0 Å². The van der Waals surface area contributed by atoms with Gasteiger partial charge in [-0.15, -0.1) is 0 Å². The minimum Gasteiger partial charge on any atom is -0.361 e. The summed E-state index contributed by atoms with van der Waals surface area (Å²) in [7, 11) is -3.96. The standard InChI is InChI=1S/C30H32N6O3S/c1-4-10-21-17-31-30(32-22-11-8-9-12-22)34-28(21)25-18-36(40(37,38)23-13-6-5-7-14-23)29-24(25)15-16-26(33-29)27-19(2)35-39-20(27)3/h5-7,13-18,22H,4,8-12H2,1-3H3,(H,31,32,34). The molecule has 0 atom stereocenters. The monoisotopic (exact) mass is 556 g/mol. The van der Waals surface area contributed by atoms with E-state index in [4.69, 9.17) is 14.5 Å². The van der Waals surface area contributed by atoms with E-state index >= 15 is 0 Å². The van der Waals surface area contributed by atoms with Gasteiger partial charge in [-0.2, -0.15) is 0 Å². The van der Waals surface area contributed by atoms with Crippen LogP contribution in [0.1, 0.15) is 56.0 Å². The average molecular weight is 557 g/mol. The van der Waals surface area contributed by atoms with Crippen molar-refractivity contribution in [2.24, 2.45) is 0 Å². The van der Waals surface area contributed by atoms with Gasteiger partial charge in [0.25, 0.3) is 10.0 Å². The first-order valence-corrected chi connectivity index (χ1v) is 15.2. The second kappa shape index (κ2) is 10.5. The number of nitrogens with one attached hydrogen (secondary N) is 1. The van der Waals surface area contributed by atoms with E-state index in [0.29, 0.717) is 45.7 Å². The molecule has 1 aromatic carbocycles. The highest BCUT2D eigenvalue weighted by Crippen LogP contribution is 2.36. The van der Waals surface area contributed by atoms with Crippen LogP contribution in [0.5, 0.6) is 0 Å². The van der Waals surface area contributed by atoms with Crippen LogP contribution in [0.4, 0.5) is 5.95 Å². The van der Waals surface area contributed by atoms with Crippen molar-refractivity contribution in [3.8, 4) is 22.5 Å². The Hall–Kier alpha value is -4.05. The number of fused-ring (bicyclic) bond motifs is 1. The third-order valence-corrected chi connectivity index (χ3v) is 9.20. The van der Waals surface area contributed by atoms with Gasteiger partial charge in [0, 0.05) is 29.4 Å². The predicted octanol–water partition coefficient (Wildman–Crippen LogP) is 6.31. The van der Waals surface area contributed by atoms with Gasteiger partial charge in [0.1, 0.15) is 5.76 Å². The Labute approximate surface area is 233 Å². The van der Waals surface area contributed by atoms with Crippen molar-refractivity contribution in [1.29, 1.82) is 0 Å². The highest BCUT2D eigenvalue weighted by atomic mass is 32.2. The highest BCUT2D eigenvalue weighted by molar-refractivity contribution is 7.90. The van der Waals surface area contributed by atoms with E-state index in [1.165, 1.54) is 16.8 Å². The summed E-state index contributed by atoms with van der Waals surface area (Å²) in [5.41, 5.74) is 4.75. The topological polar surface area (TPSA) is 116 Å². The van der Waals surface area contributed by atoms with E-state index < -0.39 is 10.0 Å². The third kappa shape index (κ3) is 4.66. The lowest BCUT2D eigenvalue weighted by molar-refractivity contribution is 0.393. The highest BCUT2D eigenvalue weighted by Gasteiger charge is 2.26. The van der Waals surface area contributed by atoms with Crippen LogP contribution in [0, 0.1) is 13.8 Å². The van der Waals surface area contributed by atoms with Crippen LogP contribution < -0.4 is 5.32 Å². The lowest BCUT2D eigenvalue weighted by Crippen LogP contribution is -2.17. The Morgan fingerprint density at radius 1 is 1.05 bits per heavy atom. The second-order valence-electron chi connectivity index (χ2n) is 10.4. The summed E-state index contributed by atoms with van der Waals surface area (Å²) in [6.07, 6.45) is 9.77. The number of benzene rings is 1. The van der Waals surface area contributed by atoms with E-state index in [1.807, 2.05) is 32.2 Å². The summed E-state index contributed by atoms with van der Waals surface area (Å²) in [6, 6.07) is 12.6. The van der Waals surface area contributed by atoms with Gasteiger partial charge >= 0.3 is 0 Å². The first-order chi connectivity index (χ1) is 19.4. The number of aryl methyl sites for hydroxylation is 3. The molecule has 0 spiro atoms. The molecule has 9 nitrogen and oxygen atoms in total. The summed E-state index contributed by atoms with van der Waals surface area (Å²) in [6.45, 7) is 5.78. The molecule has 0 saturated heterocycles. The molecule has 40 heavy (non-hydrogen) atoms. The van der Waals surface area contributed by atoms with Crippen LogP contribution in [-0.4, -0.2) is 38.5 Å². The van der Waals surface area contributed by atoms with Gasteiger partial charge in [0.2, 0.25) is 5.95 Å². The number of hydrogen-bond acceptors (Lipinski definition) is 8. The van der Waals surface area contributed by atoms with Crippen molar-refractivity contribution in [2.75, 3.05) is 5.32 Å². The van der Waals surface area contributed by atoms with Crippen LogP contribution in [0.2, 0.25) is 0 Å². The van der Waals surface area contributed by atoms with Gasteiger partial charge in [0.15, 0.2) is 5.65 Å². The molecule has 4 aromatic heterocycles. The van der Waals surface area contributed by atoms with Gasteiger partial charge in [0.05, 0.1) is 27.5 Å². The van der Waals surface area contributed by atoms with E-state index in [1.54, 1.807) is 36.5 Å². The van der Waals surface area contributed by atoms with Crippen molar-refractivity contribution < 1.29 is 12.9 Å². The summed E-state index contributed by atoms with van der Waals surface area (Å²) in [5, 5.41) is 8.25. The van der Waals surface area contributed by atoms with Gasteiger partial charge in [-0.05, 0) is 62.9 Å². The second-order valence-corrected chi connectivity index (χ2v) is 12.2. The molecule has 0 amide bonds. The van der Waals surface area contributed by atoms with Crippen LogP contribution in [0.25, 0.3) is 33.5 Å². The van der Waals surface area contributed by atoms with Crippen molar-refractivity contribution in [2.45, 2.75) is 70.2 Å². The minimum atomic E-state index is -3.96. The normalized spacial score (nSPS) is 14.3. The fraction of sp³-hybridized carbons (Fsp3) is 0.333. The molecule has 206 valence electrons. The van der Waals surface area contributed by atoms with Crippen LogP contribution in [0.15, 0.2) is 64.3 Å². The molecule has 0 radical (unpaired) electrons. The van der Waals surface area contributed by atoms with E-state index in [-0.39, 0.29) is 4.90 Å². The predicted molar refractivity (Wildman–Crippen MR) is 155 cm³/mol. The van der Waals surface area contributed by atoms with Gasteiger partial charge < -0.3 is 9.84 Å². The van der Waals surface area contributed by atoms with Crippen LogP contribution in [-0.2, 0) is 16.4 Å². The minimum absolute atomic E-state index is 0.183. The molecular weight excluding hydrogens is 524 g/mol. The summed E-state index contributed by atoms with van der Waals surface area (Å²) in [5.74, 6) is 1.19. The van der Waals surface area contributed by atoms with Gasteiger partial charge in [-0.25, -0.2) is 27.3 Å². The zero-order valence-electron chi connectivity index (χ0n) is 22.9. The molecule has 0 bridgehead atoms. The summed E-state index contributed by atoms with van der Waals surface area (Å²) < 4.78 is 34.6. The molecule has 0 aliphatic heterocycles.